The third kappa shape index (κ3) is 3.44. The minimum Gasteiger partial charge on any atom is -0.508 e. The van der Waals surface area contributed by atoms with Crippen LogP contribution in [0, 0.1) is 11.7 Å². The van der Waals surface area contributed by atoms with Gasteiger partial charge in [0.25, 0.3) is 5.56 Å². The molecule has 6 nitrogen and oxygen atoms in total. The normalized spacial score (nSPS) is 19.8. The lowest BCUT2D eigenvalue weighted by atomic mass is 9.83. The number of rotatable bonds is 4. The number of ketones is 1. The molecule has 2 aliphatic heterocycles. The van der Waals surface area contributed by atoms with E-state index in [9.17, 15) is 19.1 Å². The number of benzene rings is 2. The number of phenolic OH excluding ortho intramolecular Hbond substituents is 1. The molecule has 2 atom stereocenters. The largest absolute Gasteiger partial charge is 0.508 e. The highest BCUT2D eigenvalue weighted by atomic mass is 19.1. The van der Waals surface area contributed by atoms with Gasteiger partial charge in [0.2, 0.25) is 0 Å². The predicted molar refractivity (Wildman–Crippen MR) is 125 cm³/mol. The fraction of sp³-hybridized carbons (Fsp3) is 0.259. The monoisotopic (exact) mass is 458 g/mol. The predicted octanol–water partition coefficient (Wildman–Crippen LogP) is 4.29. The second-order valence-corrected chi connectivity index (χ2v) is 9.31. The minimum absolute atomic E-state index is 0.0467. The smallest absolute Gasteiger partial charge is 0.250 e. The first-order valence-electron chi connectivity index (χ1n) is 11.4. The summed E-state index contributed by atoms with van der Waals surface area (Å²) in [7, 11) is 0. The van der Waals surface area contributed by atoms with Crippen LogP contribution in [0.1, 0.15) is 39.5 Å². The molecule has 4 heterocycles. The van der Waals surface area contributed by atoms with E-state index >= 15 is 0 Å². The number of nitrogens with zero attached hydrogens (tertiary/aromatic N) is 2. The minimum atomic E-state index is -0.411. The van der Waals surface area contributed by atoms with Crippen molar-refractivity contribution in [2.75, 3.05) is 13.1 Å². The molecule has 2 aromatic heterocycles. The van der Waals surface area contributed by atoms with Crippen molar-refractivity contribution in [2.45, 2.75) is 25.4 Å². The Labute approximate surface area is 194 Å². The van der Waals surface area contributed by atoms with E-state index in [1.807, 2.05) is 16.7 Å². The highest BCUT2D eigenvalue weighted by Crippen LogP contribution is 2.38. The molecule has 34 heavy (non-hydrogen) atoms. The number of halogens is 1. The van der Waals surface area contributed by atoms with E-state index in [-0.39, 0.29) is 23.0 Å². The average Bonchev–Trinajstić information content (AvgIpc) is 3.26. The summed E-state index contributed by atoms with van der Waals surface area (Å²) in [5, 5.41) is 11.4. The van der Waals surface area contributed by atoms with Crippen LogP contribution < -0.4 is 5.56 Å². The number of phenols is 1. The van der Waals surface area contributed by atoms with Gasteiger partial charge in [-0.3, -0.25) is 14.5 Å². The Bertz CT molecular complexity index is 1470. The van der Waals surface area contributed by atoms with Crippen LogP contribution in [0.25, 0.3) is 11.0 Å². The van der Waals surface area contributed by atoms with Gasteiger partial charge in [-0.2, -0.15) is 0 Å². The molecule has 0 radical (unpaired) electrons. The number of carbonyl (C=O) groups is 1. The van der Waals surface area contributed by atoms with Crippen LogP contribution in [0.4, 0.5) is 4.39 Å². The number of aromatic nitrogens is 1. The van der Waals surface area contributed by atoms with Crippen molar-refractivity contribution in [3.63, 3.8) is 0 Å². The molecule has 0 unspecified atom stereocenters. The number of fused-ring (bicyclic) bond motifs is 5. The Morgan fingerprint density at radius 3 is 2.71 bits per heavy atom. The zero-order valence-corrected chi connectivity index (χ0v) is 18.4. The average molecular weight is 458 g/mol. The Morgan fingerprint density at radius 1 is 1.06 bits per heavy atom. The molecule has 4 aromatic rings. The van der Waals surface area contributed by atoms with E-state index in [1.165, 1.54) is 30.5 Å². The maximum absolute atomic E-state index is 13.3. The van der Waals surface area contributed by atoms with E-state index in [0.29, 0.717) is 46.7 Å². The van der Waals surface area contributed by atoms with Crippen LogP contribution >= 0.6 is 0 Å². The van der Waals surface area contributed by atoms with Gasteiger partial charge in [0.15, 0.2) is 5.78 Å². The lowest BCUT2D eigenvalue weighted by Gasteiger charge is -2.42. The SMILES string of the molecule is O=C(c1ccc(F)cc1)c1coc2ccc(O)c(CN3C[C@H]4C[C@@H](C3)c3cccc(=O)n3C4)c12. The Morgan fingerprint density at radius 2 is 1.88 bits per heavy atom. The molecule has 6 rings (SSSR count). The van der Waals surface area contributed by atoms with Crippen LogP contribution in [-0.4, -0.2) is 33.4 Å². The van der Waals surface area contributed by atoms with Gasteiger partial charge in [-0.1, -0.05) is 6.07 Å². The molecule has 2 aliphatic rings. The second-order valence-electron chi connectivity index (χ2n) is 9.31. The van der Waals surface area contributed by atoms with Crippen LogP contribution in [0.15, 0.2) is 70.1 Å². The standard InChI is InChI=1S/C27H23FN2O4/c28-19-6-4-17(5-7-19)27(33)21-15-34-24-9-8-23(31)20(26(21)24)14-29-11-16-10-18(13-29)22-2-1-3-25(32)30(22)12-16/h1-9,15-16,18,31H,10-14H2/t16-,18+/m1/s1. The highest BCUT2D eigenvalue weighted by Gasteiger charge is 2.35. The van der Waals surface area contributed by atoms with Crippen LogP contribution in [0.2, 0.25) is 0 Å². The summed E-state index contributed by atoms with van der Waals surface area (Å²) < 4.78 is 20.9. The summed E-state index contributed by atoms with van der Waals surface area (Å²) in [6, 6.07) is 14.1. The molecule has 1 N–H and O–H groups in total. The number of hydrogen-bond donors (Lipinski definition) is 1. The Hall–Kier alpha value is -3.71. The fourth-order valence-corrected chi connectivity index (χ4v) is 5.62. The summed E-state index contributed by atoms with van der Waals surface area (Å²) in [4.78, 5) is 27.8. The molecule has 0 aliphatic carbocycles. The van der Waals surface area contributed by atoms with Crippen molar-refractivity contribution in [1.82, 2.24) is 9.47 Å². The lowest BCUT2D eigenvalue weighted by Crippen LogP contribution is -2.46. The molecule has 7 heteroatoms. The first-order valence-corrected chi connectivity index (χ1v) is 11.4. The zero-order chi connectivity index (χ0) is 23.4. The molecule has 0 amide bonds. The van der Waals surface area contributed by atoms with Gasteiger partial charge in [-0.15, -0.1) is 0 Å². The van der Waals surface area contributed by atoms with Crippen molar-refractivity contribution in [1.29, 1.82) is 0 Å². The quantitative estimate of drug-likeness (QED) is 0.462. The fourth-order valence-electron chi connectivity index (χ4n) is 5.62. The third-order valence-electron chi connectivity index (χ3n) is 7.11. The first kappa shape index (κ1) is 20.9. The van der Waals surface area contributed by atoms with Gasteiger partial charge in [-0.25, -0.2) is 4.39 Å². The third-order valence-corrected chi connectivity index (χ3v) is 7.11. The summed E-state index contributed by atoms with van der Waals surface area (Å²) in [5.74, 6) is 0.0000187. The van der Waals surface area contributed by atoms with Crippen LogP contribution in [-0.2, 0) is 13.1 Å². The molecule has 172 valence electrons. The number of furan rings is 1. The lowest BCUT2D eigenvalue weighted by molar-refractivity contribution is 0.103. The number of piperidine rings is 1. The summed E-state index contributed by atoms with van der Waals surface area (Å²) in [5.41, 5.74) is 2.97. The Kier molecular flexibility index (Phi) is 4.88. The van der Waals surface area contributed by atoms with E-state index < -0.39 is 5.82 Å². The van der Waals surface area contributed by atoms with E-state index in [2.05, 4.69) is 4.90 Å². The summed E-state index contributed by atoms with van der Waals surface area (Å²) >= 11 is 0. The van der Waals surface area contributed by atoms with Crippen molar-refractivity contribution in [2.24, 2.45) is 5.92 Å². The second kappa shape index (κ2) is 7.95. The molecule has 2 bridgehead atoms. The molecular weight excluding hydrogens is 435 g/mol. The van der Waals surface area contributed by atoms with E-state index in [4.69, 9.17) is 4.42 Å². The van der Waals surface area contributed by atoms with Gasteiger partial charge < -0.3 is 14.1 Å². The number of likely N-dealkylation sites (tertiary alicyclic amines) is 1. The van der Waals surface area contributed by atoms with Crippen molar-refractivity contribution in [3.05, 3.63) is 99.4 Å². The van der Waals surface area contributed by atoms with Crippen molar-refractivity contribution in [3.8, 4) is 5.75 Å². The van der Waals surface area contributed by atoms with Gasteiger partial charge >= 0.3 is 0 Å². The van der Waals surface area contributed by atoms with Gasteiger partial charge in [-0.05, 0) is 54.8 Å². The van der Waals surface area contributed by atoms with E-state index in [0.717, 1.165) is 25.2 Å². The molecule has 0 saturated carbocycles. The number of aromatic hydroxyl groups is 1. The van der Waals surface area contributed by atoms with Gasteiger partial charge in [0, 0.05) is 60.4 Å². The number of hydrogen-bond acceptors (Lipinski definition) is 5. The number of pyridine rings is 1. The first-order chi connectivity index (χ1) is 16.5. The maximum atomic E-state index is 13.3. The summed E-state index contributed by atoms with van der Waals surface area (Å²) in [6.45, 7) is 2.70. The Balaban J connectivity index is 1.35. The highest BCUT2D eigenvalue weighted by molar-refractivity contribution is 6.16. The number of carbonyl (C=O) groups excluding carboxylic acids is 1. The van der Waals surface area contributed by atoms with E-state index in [1.54, 1.807) is 18.2 Å². The topological polar surface area (TPSA) is 75.7 Å². The van der Waals surface area contributed by atoms with Crippen LogP contribution in [0.5, 0.6) is 5.75 Å². The van der Waals surface area contributed by atoms with Crippen molar-refractivity contribution < 1.29 is 18.7 Å². The van der Waals surface area contributed by atoms with Gasteiger partial charge in [0.05, 0.1) is 5.56 Å². The molecular formula is C27H23FN2O4. The van der Waals surface area contributed by atoms with Crippen LogP contribution in [0.3, 0.4) is 0 Å². The summed E-state index contributed by atoms with van der Waals surface area (Å²) in [6.07, 6.45) is 2.45. The maximum Gasteiger partial charge on any atom is 0.250 e. The molecule has 0 spiro atoms. The van der Waals surface area contributed by atoms with Crippen molar-refractivity contribution >= 4 is 16.8 Å². The molecule has 1 fully saturated rings. The zero-order valence-electron chi connectivity index (χ0n) is 18.4. The molecule has 2 aromatic carbocycles. The molecule has 1 saturated heterocycles. The van der Waals surface area contributed by atoms with Gasteiger partial charge in [0.1, 0.15) is 23.4 Å².